The standard InChI is InChI=1S/CH4N2.H2O4S/c1-3-2;1-5(2,3)4/h2H,1H3;(H2,1,2,3,4). The van der Waals surface area contributed by atoms with Crippen LogP contribution >= 0.6 is 0 Å². The van der Waals surface area contributed by atoms with Gasteiger partial charge in [0.2, 0.25) is 0 Å². The summed E-state index contributed by atoms with van der Waals surface area (Å²) >= 11 is 0. The Bertz CT molecular complexity index is 128. The van der Waals surface area contributed by atoms with Gasteiger partial charge in [-0.05, 0) is 0 Å². The van der Waals surface area contributed by atoms with Gasteiger partial charge in [-0.25, -0.2) is 10.6 Å². The van der Waals surface area contributed by atoms with Crippen molar-refractivity contribution < 1.29 is 17.5 Å². The highest BCUT2D eigenvalue weighted by Crippen LogP contribution is 1.59. The molecule has 0 aliphatic heterocycles. The van der Waals surface area contributed by atoms with Gasteiger partial charge in [0.15, 0.2) is 0 Å². The number of nitrogens with one attached hydrogen (secondary N) is 1. The van der Waals surface area contributed by atoms with Crippen LogP contribution in [0.15, 0.2) is 5.11 Å². The zero-order chi connectivity index (χ0) is 7.21. The van der Waals surface area contributed by atoms with Crippen LogP contribution in [-0.2, 0) is 10.4 Å². The summed E-state index contributed by atoms with van der Waals surface area (Å²) < 4.78 is 31.6. The first-order chi connectivity index (χ1) is 3.41. The average molecular weight is 142 g/mol. The van der Waals surface area contributed by atoms with E-state index in [4.69, 9.17) is 23.1 Å². The fraction of sp³-hybridized carbons (Fsp3) is 1.00. The van der Waals surface area contributed by atoms with Gasteiger partial charge >= 0.3 is 10.4 Å². The van der Waals surface area contributed by atoms with Gasteiger partial charge in [0.1, 0.15) is 0 Å². The second-order valence-corrected chi connectivity index (χ2v) is 1.57. The van der Waals surface area contributed by atoms with Crippen molar-refractivity contribution in [2.75, 3.05) is 7.05 Å². The Balaban J connectivity index is 0. The van der Waals surface area contributed by atoms with Crippen LogP contribution in [0.1, 0.15) is 0 Å². The zero-order valence-corrected chi connectivity index (χ0v) is 4.88. The third kappa shape index (κ3) is 389. The van der Waals surface area contributed by atoms with Crippen LogP contribution in [0, 0.1) is 5.53 Å². The maximum atomic E-state index is 8.74. The molecular formula is CH6N2O4S. The molecule has 0 saturated carbocycles. The average Bonchev–Trinajstić information content (AvgIpc) is 1.27. The summed E-state index contributed by atoms with van der Waals surface area (Å²) in [5.74, 6) is 0. The molecule has 0 aliphatic rings. The first-order valence-electron chi connectivity index (χ1n) is 1.37. The maximum Gasteiger partial charge on any atom is 0.394 e. The van der Waals surface area contributed by atoms with Crippen LogP contribution in [0.25, 0.3) is 0 Å². The second-order valence-electron chi connectivity index (χ2n) is 0.671. The van der Waals surface area contributed by atoms with E-state index in [1.165, 1.54) is 7.05 Å². The summed E-state index contributed by atoms with van der Waals surface area (Å²) in [6.07, 6.45) is 0. The summed E-state index contributed by atoms with van der Waals surface area (Å²) in [4.78, 5) is 0. The zero-order valence-electron chi connectivity index (χ0n) is 4.07. The van der Waals surface area contributed by atoms with Gasteiger partial charge < -0.3 is 0 Å². The molecule has 50 valence electrons. The predicted octanol–water partition coefficient (Wildman–Crippen LogP) is -0.00563. The third-order valence-corrected chi connectivity index (χ3v) is 0. The van der Waals surface area contributed by atoms with Gasteiger partial charge in [0.05, 0.1) is 0 Å². The first kappa shape index (κ1) is 10.5. The lowest BCUT2D eigenvalue weighted by Gasteiger charge is -1.68. The van der Waals surface area contributed by atoms with Crippen molar-refractivity contribution in [1.82, 2.24) is 0 Å². The molecule has 0 bridgehead atoms. The fourth-order valence-electron chi connectivity index (χ4n) is 0. The van der Waals surface area contributed by atoms with E-state index in [2.05, 4.69) is 5.11 Å². The Morgan fingerprint density at radius 3 is 1.50 bits per heavy atom. The van der Waals surface area contributed by atoms with Gasteiger partial charge in [-0.15, -0.1) is 0 Å². The number of hydrogen-bond donors (Lipinski definition) is 3. The summed E-state index contributed by atoms with van der Waals surface area (Å²) in [5.41, 5.74) is 5.83. The lowest BCUT2D eigenvalue weighted by Crippen LogP contribution is -1.89. The molecular weight excluding hydrogens is 136 g/mol. The summed E-state index contributed by atoms with van der Waals surface area (Å²) in [5, 5.41) is 2.75. The molecule has 0 unspecified atom stereocenters. The Kier molecular flexibility index (Phi) is 6.04. The van der Waals surface area contributed by atoms with Crippen molar-refractivity contribution in [3.8, 4) is 0 Å². The van der Waals surface area contributed by atoms with E-state index in [9.17, 15) is 0 Å². The molecule has 0 fully saturated rings. The van der Waals surface area contributed by atoms with Gasteiger partial charge in [-0.2, -0.15) is 8.42 Å². The highest BCUT2D eigenvalue weighted by molar-refractivity contribution is 7.79. The smallest absolute Gasteiger partial charge is 0.264 e. The molecule has 0 rings (SSSR count). The molecule has 0 spiro atoms. The maximum absolute atomic E-state index is 8.74. The molecule has 6 nitrogen and oxygen atoms in total. The summed E-state index contributed by atoms with van der Waals surface area (Å²) in [7, 11) is -3.25. The molecule has 0 aromatic rings. The summed E-state index contributed by atoms with van der Waals surface area (Å²) in [6, 6.07) is 0. The summed E-state index contributed by atoms with van der Waals surface area (Å²) in [6.45, 7) is 0. The molecule has 0 heterocycles. The Labute approximate surface area is 46.6 Å². The minimum atomic E-state index is -4.67. The van der Waals surface area contributed by atoms with Crippen LogP contribution < -0.4 is 0 Å². The minimum Gasteiger partial charge on any atom is -0.264 e. The van der Waals surface area contributed by atoms with E-state index in [1.807, 2.05) is 0 Å². The second kappa shape index (κ2) is 4.62. The Morgan fingerprint density at radius 2 is 1.50 bits per heavy atom. The van der Waals surface area contributed by atoms with E-state index in [0.29, 0.717) is 0 Å². The monoisotopic (exact) mass is 142 g/mol. The highest BCUT2D eigenvalue weighted by atomic mass is 32.3. The lowest BCUT2D eigenvalue weighted by atomic mass is 11.6. The number of nitrogens with zero attached hydrogens (tertiary/aromatic N) is 1. The Morgan fingerprint density at radius 1 is 1.50 bits per heavy atom. The van der Waals surface area contributed by atoms with Gasteiger partial charge in [0.25, 0.3) is 0 Å². The molecule has 0 aromatic carbocycles. The topological polar surface area (TPSA) is 111 Å². The predicted molar refractivity (Wildman–Crippen MR) is 25.2 cm³/mol. The van der Waals surface area contributed by atoms with Crippen molar-refractivity contribution in [3.63, 3.8) is 0 Å². The third-order valence-electron chi connectivity index (χ3n) is 0. The molecule has 0 aromatic heterocycles. The van der Waals surface area contributed by atoms with Crippen molar-refractivity contribution in [2.24, 2.45) is 5.11 Å². The van der Waals surface area contributed by atoms with E-state index in [0.717, 1.165) is 0 Å². The van der Waals surface area contributed by atoms with E-state index in [-0.39, 0.29) is 0 Å². The van der Waals surface area contributed by atoms with E-state index >= 15 is 0 Å². The van der Waals surface area contributed by atoms with Crippen LogP contribution in [-0.4, -0.2) is 24.6 Å². The van der Waals surface area contributed by atoms with Crippen LogP contribution in [0.4, 0.5) is 0 Å². The normalized spacial score (nSPS) is 8.88. The molecule has 0 atom stereocenters. The lowest BCUT2D eigenvalue weighted by molar-refractivity contribution is 0.381. The van der Waals surface area contributed by atoms with Crippen LogP contribution in [0.5, 0.6) is 0 Å². The molecule has 0 radical (unpaired) electrons. The largest absolute Gasteiger partial charge is 0.394 e. The van der Waals surface area contributed by atoms with Gasteiger partial charge in [-0.1, -0.05) is 0 Å². The van der Waals surface area contributed by atoms with Crippen LogP contribution in [0.3, 0.4) is 0 Å². The quantitative estimate of drug-likeness (QED) is 0.326. The van der Waals surface area contributed by atoms with Gasteiger partial charge in [0, 0.05) is 7.05 Å². The Hall–Kier alpha value is -0.530. The molecule has 3 N–H and O–H groups in total. The molecule has 7 heteroatoms. The number of hydrogen-bond acceptors (Lipinski definition) is 4. The van der Waals surface area contributed by atoms with Crippen molar-refractivity contribution in [2.45, 2.75) is 0 Å². The molecule has 8 heavy (non-hydrogen) atoms. The van der Waals surface area contributed by atoms with Crippen LogP contribution in [0.2, 0.25) is 0 Å². The van der Waals surface area contributed by atoms with E-state index < -0.39 is 10.4 Å². The van der Waals surface area contributed by atoms with Crippen molar-refractivity contribution >= 4 is 10.4 Å². The SMILES string of the molecule is CN=N.O=S(=O)(O)O. The van der Waals surface area contributed by atoms with Crippen molar-refractivity contribution in [1.29, 1.82) is 5.53 Å². The minimum absolute atomic E-state index is 1.42. The van der Waals surface area contributed by atoms with Crippen molar-refractivity contribution in [3.05, 3.63) is 0 Å². The fourth-order valence-corrected chi connectivity index (χ4v) is 0. The number of rotatable bonds is 0. The molecule has 0 amide bonds. The highest BCUT2D eigenvalue weighted by Gasteiger charge is 1.84. The van der Waals surface area contributed by atoms with E-state index in [1.54, 1.807) is 0 Å². The first-order valence-corrected chi connectivity index (χ1v) is 2.77. The van der Waals surface area contributed by atoms with Gasteiger partial charge in [-0.3, -0.25) is 9.11 Å². The molecule has 0 aliphatic carbocycles. The molecule has 0 saturated heterocycles.